The van der Waals surface area contributed by atoms with E-state index in [4.69, 9.17) is 4.74 Å². The van der Waals surface area contributed by atoms with E-state index in [9.17, 15) is 19.8 Å². The summed E-state index contributed by atoms with van der Waals surface area (Å²) in [6, 6.07) is 0. The summed E-state index contributed by atoms with van der Waals surface area (Å²) in [6.07, 6.45) is 6.86. The van der Waals surface area contributed by atoms with Crippen molar-refractivity contribution in [2.24, 2.45) is 34.5 Å². The molecule has 0 aromatic heterocycles. The Bertz CT molecular complexity index is 604. The molecule has 154 valence electrons. The number of esters is 1. The fourth-order valence-electron chi connectivity index (χ4n) is 7.42. The molecule has 2 N–H and O–H groups in total. The smallest absolute Gasteiger partial charge is 0.303 e. The second kappa shape index (κ2) is 7.06. The Kier molecular flexibility index (Phi) is 5.39. The average Bonchev–Trinajstić information content (AvgIpc) is 2.81. The van der Waals surface area contributed by atoms with Gasteiger partial charge in [0, 0.05) is 25.4 Å². The quantitative estimate of drug-likeness (QED) is 0.704. The van der Waals surface area contributed by atoms with E-state index in [1.54, 1.807) is 0 Å². The zero-order chi connectivity index (χ0) is 20.0. The first kappa shape index (κ1) is 20.6. The van der Waals surface area contributed by atoms with E-state index in [-0.39, 0.29) is 35.7 Å². The number of hydrogen-bond donors (Lipinski definition) is 2. The van der Waals surface area contributed by atoms with Crippen molar-refractivity contribution < 1.29 is 24.5 Å². The normalized spacial score (nSPS) is 46.4. The number of aliphatic carboxylic acids is 1. The topological polar surface area (TPSA) is 83.8 Å². The van der Waals surface area contributed by atoms with Crippen molar-refractivity contribution in [1.29, 1.82) is 0 Å². The largest absolute Gasteiger partial charge is 0.481 e. The minimum absolute atomic E-state index is 0.0143. The Morgan fingerprint density at radius 2 is 1.70 bits per heavy atom. The van der Waals surface area contributed by atoms with Crippen LogP contribution >= 0.6 is 0 Å². The molecule has 0 aliphatic heterocycles. The predicted octanol–water partition coefficient (Wildman–Crippen LogP) is 4.02. The molecule has 5 nitrogen and oxygen atoms in total. The number of carbonyl (C=O) groups excluding carboxylic acids is 1. The lowest BCUT2D eigenvalue weighted by Crippen LogP contribution is -2.56. The number of aliphatic hydroxyl groups is 1. The number of ether oxygens (including phenoxy) is 1. The molecule has 0 heterocycles. The van der Waals surface area contributed by atoms with Gasteiger partial charge < -0.3 is 14.9 Å². The lowest BCUT2D eigenvalue weighted by atomic mass is 9.46. The van der Waals surface area contributed by atoms with Gasteiger partial charge in [-0.05, 0) is 81.0 Å². The maximum Gasteiger partial charge on any atom is 0.303 e. The molecule has 27 heavy (non-hydrogen) atoms. The minimum atomic E-state index is -0.730. The molecule has 3 rings (SSSR count). The van der Waals surface area contributed by atoms with Gasteiger partial charge in [0.2, 0.25) is 0 Å². The number of hydrogen-bond acceptors (Lipinski definition) is 4. The van der Waals surface area contributed by atoms with Crippen LogP contribution in [0.1, 0.15) is 79.1 Å². The molecule has 0 aromatic rings. The van der Waals surface area contributed by atoms with Crippen LogP contribution in [0.25, 0.3) is 0 Å². The molecule has 3 aliphatic carbocycles. The highest BCUT2D eigenvalue weighted by Crippen LogP contribution is 2.67. The third kappa shape index (κ3) is 3.20. The summed E-state index contributed by atoms with van der Waals surface area (Å²) >= 11 is 0. The van der Waals surface area contributed by atoms with Gasteiger partial charge in [-0.15, -0.1) is 0 Å². The molecule has 0 saturated heterocycles. The van der Waals surface area contributed by atoms with E-state index in [1.807, 2.05) is 0 Å². The lowest BCUT2D eigenvalue weighted by Gasteiger charge is -2.60. The Morgan fingerprint density at radius 3 is 2.30 bits per heavy atom. The predicted molar refractivity (Wildman–Crippen MR) is 102 cm³/mol. The second-order valence-electron chi connectivity index (χ2n) is 10.0. The summed E-state index contributed by atoms with van der Waals surface area (Å²) in [5, 5.41) is 19.1. The van der Waals surface area contributed by atoms with Crippen LogP contribution in [0.2, 0.25) is 0 Å². The molecule has 0 bridgehead atoms. The second-order valence-corrected chi connectivity index (χ2v) is 10.0. The van der Waals surface area contributed by atoms with Crippen molar-refractivity contribution in [3.63, 3.8) is 0 Å². The van der Waals surface area contributed by atoms with E-state index in [2.05, 4.69) is 20.8 Å². The summed E-state index contributed by atoms with van der Waals surface area (Å²) in [6.45, 7) is 8.25. The zero-order valence-corrected chi connectivity index (χ0v) is 17.3. The SMILES string of the molecule is CC(=O)O[C@@]1(C)CC[C@H]2[C@@H]3CC[C@@H](CC(=O)O)[C@@](C)(CCO)[C@H]3CC[C@@]21C. The van der Waals surface area contributed by atoms with Gasteiger partial charge in [-0.25, -0.2) is 0 Å². The average molecular weight is 381 g/mol. The monoisotopic (exact) mass is 380 g/mol. The van der Waals surface area contributed by atoms with E-state index in [0.717, 1.165) is 38.5 Å². The van der Waals surface area contributed by atoms with Gasteiger partial charge in [-0.3, -0.25) is 9.59 Å². The van der Waals surface area contributed by atoms with Crippen molar-refractivity contribution in [1.82, 2.24) is 0 Å². The van der Waals surface area contributed by atoms with E-state index >= 15 is 0 Å². The number of aliphatic hydroxyl groups excluding tert-OH is 1. The van der Waals surface area contributed by atoms with Crippen molar-refractivity contribution in [3.8, 4) is 0 Å². The first-order valence-corrected chi connectivity index (χ1v) is 10.6. The zero-order valence-electron chi connectivity index (χ0n) is 17.3. The first-order chi connectivity index (χ1) is 12.6. The standard InChI is InChI=1S/C22H36O5/c1-14(24)27-22(4)10-8-18-16-6-5-15(13-19(25)26)20(2,11-12-23)17(16)7-9-21(18,22)3/h15-18,23H,5-13H2,1-4H3,(H,25,26)/t15-,16+,17-,18-,20+,21-,22-/m0/s1. The van der Waals surface area contributed by atoms with Crippen LogP contribution in [-0.4, -0.2) is 34.4 Å². The maximum atomic E-state index is 11.7. The molecule has 0 aromatic carbocycles. The molecule has 0 unspecified atom stereocenters. The Morgan fingerprint density at radius 1 is 1.04 bits per heavy atom. The van der Waals surface area contributed by atoms with Crippen LogP contribution in [0.5, 0.6) is 0 Å². The van der Waals surface area contributed by atoms with Gasteiger partial charge in [0.15, 0.2) is 0 Å². The van der Waals surface area contributed by atoms with E-state index in [0.29, 0.717) is 24.2 Å². The third-order valence-corrected chi connectivity index (χ3v) is 9.04. The highest BCUT2D eigenvalue weighted by Gasteiger charge is 2.64. The Labute approximate surface area is 162 Å². The summed E-state index contributed by atoms with van der Waals surface area (Å²) in [5.41, 5.74) is -0.544. The van der Waals surface area contributed by atoms with Crippen LogP contribution in [0.3, 0.4) is 0 Å². The highest BCUT2D eigenvalue weighted by molar-refractivity contribution is 5.67. The number of carboxylic acids is 1. The maximum absolute atomic E-state index is 11.7. The van der Waals surface area contributed by atoms with Crippen molar-refractivity contribution in [2.75, 3.05) is 6.61 Å². The van der Waals surface area contributed by atoms with Crippen LogP contribution in [0.4, 0.5) is 0 Å². The fourth-order valence-corrected chi connectivity index (χ4v) is 7.42. The number of carboxylic acid groups (broad SMARTS) is 1. The van der Waals surface area contributed by atoms with E-state index in [1.165, 1.54) is 6.92 Å². The van der Waals surface area contributed by atoms with Gasteiger partial charge in [-0.2, -0.15) is 0 Å². The molecule has 3 saturated carbocycles. The fraction of sp³-hybridized carbons (Fsp3) is 0.909. The summed E-state index contributed by atoms with van der Waals surface area (Å²) < 4.78 is 5.87. The summed E-state index contributed by atoms with van der Waals surface area (Å²) in [4.78, 5) is 23.2. The van der Waals surface area contributed by atoms with Crippen molar-refractivity contribution in [2.45, 2.75) is 84.7 Å². The van der Waals surface area contributed by atoms with Gasteiger partial charge >= 0.3 is 11.9 Å². The molecule has 0 spiro atoms. The molecule has 3 fully saturated rings. The van der Waals surface area contributed by atoms with Crippen molar-refractivity contribution in [3.05, 3.63) is 0 Å². The third-order valence-electron chi connectivity index (χ3n) is 9.04. The molecule has 0 amide bonds. The molecule has 7 atom stereocenters. The molecule has 5 heteroatoms. The van der Waals surface area contributed by atoms with Crippen LogP contribution < -0.4 is 0 Å². The Balaban J connectivity index is 1.89. The first-order valence-electron chi connectivity index (χ1n) is 10.6. The lowest BCUT2D eigenvalue weighted by molar-refractivity contribution is -0.182. The van der Waals surface area contributed by atoms with E-state index < -0.39 is 11.6 Å². The molecular weight excluding hydrogens is 344 g/mol. The van der Waals surface area contributed by atoms with Crippen LogP contribution in [0.15, 0.2) is 0 Å². The number of carbonyl (C=O) groups is 2. The summed E-state index contributed by atoms with van der Waals surface area (Å²) in [7, 11) is 0. The van der Waals surface area contributed by atoms with Crippen LogP contribution in [0, 0.1) is 34.5 Å². The van der Waals surface area contributed by atoms with Crippen LogP contribution in [-0.2, 0) is 14.3 Å². The molecule has 0 radical (unpaired) electrons. The van der Waals surface area contributed by atoms with Gasteiger partial charge in [0.25, 0.3) is 0 Å². The van der Waals surface area contributed by atoms with Crippen molar-refractivity contribution >= 4 is 11.9 Å². The minimum Gasteiger partial charge on any atom is -0.481 e. The summed E-state index contributed by atoms with van der Waals surface area (Å²) in [5.74, 6) is 0.685. The van der Waals surface area contributed by atoms with Gasteiger partial charge in [-0.1, -0.05) is 13.8 Å². The molecule has 3 aliphatic rings. The van der Waals surface area contributed by atoms with Gasteiger partial charge in [0.1, 0.15) is 5.60 Å². The molecular formula is C22H36O5. The van der Waals surface area contributed by atoms with Gasteiger partial charge in [0.05, 0.1) is 0 Å². The highest BCUT2D eigenvalue weighted by atomic mass is 16.6. The number of rotatable bonds is 5. The Hall–Kier alpha value is -1.10. The number of fused-ring (bicyclic) bond motifs is 3.